The van der Waals surface area contributed by atoms with Crippen molar-refractivity contribution in [3.8, 4) is 0 Å². The molecule has 2 aromatic carbocycles. The number of hydrogen-bond acceptors (Lipinski definition) is 5. The van der Waals surface area contributed by atoms with Gasteiger partial charge in [-0.2, -0.15) is 11.8 Å². The van der Waals surface area contributed by atoms with Crippen molar-refractivity contribution in [3.05, 3.63) is 77.1 Å². The maximum absolute atomic E-state index is 12.3. The van der Waals surface area contributed by atoms with Gasteiger partial charge in [0.1, 0.15) is 0 Å². The van der Waals surface area contributed by atoms with Crippen LogP contribution in [0.15, 0.2) is 60.7 Å². The third-order valence-electron chi connectivity index (χ3n) is 3.88. The lowest BCUT2D eigenvalue weighted by atomic mass is 10.2. The summed E-state index contributed by atoms with van der Waals surface area (Å²) in [6.07, 6.45) is 0.321. The minimum atomic E-state index is -0.197. The van der Waals surface area contributed by atoms with E-state index in [0.29, 0.717) is 18.7 Å². The molecule has 144 valence electrons. The van der Waals surface area contributed by atoms with Crippen LogP contribution in [0, 0.1) is 0 Å². The summed E-state index contributed by atoms with van der Waals surface area (Å²) in [7, 11) is 0. The quantitative estimate of drug-likeness (QED) is 0.424. The van der Waals surface area contributed by atoms with E-state index in [0.717, 1.165) is 11.3 Å². The highest BCUT2D eigenvalue weighted by atomic mass is 35.5. The second-order valence-corrected chi connectivity index (χ2v) is 7.48. The molecule has 0 aliphatic carbocycles. The molecule has 0 aliphatic rings. The number of anilines is 1. The minimum absolute atomic E-state index is 0.0852. The minimum Gasteiger partial charge on any atom is -0.326 e. The standard InChI is InChI=1S/C20H19ClN4O2S/c21-20-19(23-24-25(20)13-15-7-3-1-4-8-15)17(26)14-28-12-11-18(27)22-16-9-5-2-6-10-16/h1-10H,11-14H2,(H,22,27). The van der Waals surface area contributed by atoms with Gasteiger partial charge in [-0.15, -0.1) is 5.10 Å². The number of benzene rings is 2. The molecule has 0 unspecified atom stereocenters. The first-order valence-corrected chi connectivity index (χ1v) is 10.3. The molecule has 1 N–H and O–H groups in total. The first kappa shape index (κ1) is 20.1. The van der Waals surface area contributed by atoms with Crippen LogP contribution >= 0.6 is 23.4 Å². The average Bonchev–Trinajstić information content (AvgIpc) is 3.07. The van der Waals surface area contributed by atoms with Crippen LogP contribution in [0.2, 0.25) is 5.15 Å². The molecule has 0 bridgehead atoms. The largest absolute Gasteiger partial charge is 0.326 e. The number of ketones is 1. The van der Waals surface area contributed by atoms with E-state index in [1.807, 2.05) is 60.7 Å². The van der Waals surface area contributed by atoms with E-state index in [4.69, 9.17) is 11.6 Å². The first-order valence-electron chi connectivity index (χ1n) is 8.72. The second-order valence-electron chi connectivity index (χ2n) is 6.01. The molecule has 8 heteroatoms. The Morgan fingerprint density at radius 3 is 2.43 bits per heavy atom. The van der Waals surface area contributed by atoms with Crippen LogP contribution < -0.4 is 5.32 Å². The lowest BCUT2D eigenvalue weighted by molar-refractivity contribution is -0.115. The summed E-state index contributed by atoms with van der Waals surface area (Å²) in [5.74, 6) is 0.443. The molecular weight excluding hydrogens is 396 g/mol. The fourth-order valence-corrected chi connectivity index (χ4v) is 3.51. The lowest BCUT2D eigenvalue weighted by Crippen LogP contribution is -2.13. The van der Waals surface area contributed by atoms with Gasteiger partial charge in [0.15, 0.2) is 16.6 Å². The van der Waals surface area contributed by atoms with E-state index >= 15 is 0 Å². The molecule has 0 saturated heterocycles. The number of rotatable bonds is 9. The van der Waals surface area contributed by atoms with Gasteiger partial charge in [0.25, 0.3) is 0 Å². The SMILES string of the molecule is O=C(CCSCC(=O)c1nnn(Cc2ccccc2)c1Cl)Nc1ccccc1. The maximum atomic E-state index is 12.3. The fraction of sp³-hybridized carbons (Fsp3) is 0.200. The summed E-state index contributed by atoms with van der Waals surface area (Å²) in [4.78, 5) is 24.2. The summed E-state index contributed by atoms with van der Waals surface area (Å²) in [5.41, 5.74) is 1.95. The highest BCUT2D eigenvalue weighted by molar-refractivity contribution is 8.00. The normalized spacial score (nSPS) is 10.6. The number of amides is 1. The molecular formula is C20H19ClN4O2S. The predicted octanol–water partition coefficient (Wildman–Crippen LogP) is 3.92. The van der Waals surface area contributed by atoms with Gasteiger partial charge in [0, 0.05) is 17.9 Å². The Morgan fingerprint density at radius 1 is 1.04 bits per heavy atom. The van der Waals surface area contributed by atoms with E-state index in [-0.39, 0.29) is 28.3 Å². The Bertz CT molecular complexity index is 932. The summed E-state index contributed by atoms with van der Waals surface area (Å²) in [5, 5.41) is 10.9. The number of halogens is 1. The molecule has 1 aromatic heterocycles. The van der Waals surface area contributed by atoms with E-state index in [9.17, 15) is 9.59 Å². The van der Waals surface area contributed by atoms with E-state index in [2.05, 4.69) is 15.6 Å². The van der Waals surface area contributed by atoms with Gasteiger partial charge >= 0.3 is 0 Å². The summed E-state index contributed by atoms with van der Waals surface area (Å²) < 4.78 is 1.50. The van der Waals surface area contributed by atoms with Gasteiger partial charge in [-0.3, -0.25) is 9.59 Å². The third-order valence-corrected chi connectivity index (χ3v) is 5.21. The van der Waals surface area contributed by atoms with Crippen molar-refractivity contribution in [2.45, 2.75) is 13.0 Å². The predicted molar refractivity (Wildman–Crippen MR) is 112 cm³/mol. The second kappa shape index (κ2) is 10.1. The van der Waals surface area contributed by atoms with Gasteiger partial charge in [-0.1, -0.05) is 65.3 Å². The summed E-state index contributed by atoms with van der Waals surface area (Å²) in [6.45, 7) is 0.451. The Labute approximate surface area is 172 Å². The van der Waals surface area contributed by atoms with E-state index in [1.165, 1.54) is 16.4 Å². The van der Waals surface area contributed by atoms with Crippen molar-refractivity contribution in [2.24, 2.45) is 0 Å². The number of carbonyl (C=O) groups excluding carboxylic acids is 2. The zero-order valence-electron chi connectivity index (χ0n) is 15.0. The number of nitrogens with one attached hydrogen (secondary N) is 1. The summed E-state index contributed by atoms with van der Waals surface area (Å²) in [6, 6.07) is 19.0. The maximum Gasteiger partial charge on any atom is 0.225 e. The molecule has 1 heterocycles. The molecule has 1 amide bonds. The number of hydrogen-bond donors (Lipinski definition) is 1. The van der Waals surface area contributed by atoms with Gasteiger partial charge < -0.3 is 5.32 Å². The Morgan fingerprint density at radius 2 is 1.71 bits per heavy atom. The molecule has 6 nitrogen and oxygen atoms in total. The van der Waals surface area contributed by atoms with Crippen molar-refractivity contribution in [1.29, 1.82) is 0 Å². The molecule has 0 atom stereocenters. The monoisotopic (exact) mass is 414 g/mol. The average molecular weight is 415 g/mol. The Hall–Kier alpha value is -2.64. The van der Waals surface area contributed by atoms with Gasteiger partial charge in [-0.05, 0) is 17.7 Å². The Balaban J connectivity index is 1.44. The zero-order chi connectivity index (χ0) is 19.8. The fourth-order valence-electron chi connectivity index (χ4n) is 2.47. The van der Waals surface area contributed by atoms with Gasteiger partial charge in [0.05, 0.1) is 12.3 Å². The van der Waals surface area contributed by atoms with Crippen LogP contribution in [-0.4, -0.2) is 38.2 Å². The molecule has 0 radical (unpaired) electrons. The van der Waals surface area contributed by atoms with Crippen LogP contribution in [0.25, 0.3) is 0 Å². The first-order chi connectivity index (χ1) is 13.6. The van der Waals surface area contributed by atoms with Crippen LogP contribution in [0.1, 0.15) is 22.5 Å². The molecule has 3 rings (SSSR count). The topological polar surface area (TPSA) is 76.9 Å². The summed E-state index contributed by atoms with van der Waals surface area (Å²) >= 11 is 7.64. The van der Waals surface area contributed by atoms with Gasteiger partial charge in [0.2, 0.25) is 5.91 Å². The van der Waals surface area contributed by atoms with E-state index in [1.54, 1.807) is 0 Å². The molecule has 0 spiro atoms. The molecule has 0 aliphatic heterocycles. The van der Waals surface area contributed by atoms with Crippen LogP contribution in [0.5, 0.6) is 0 Å². The van der Waals surface area contributed by atoms with Crippen molar-refractivity contribution in [3.63, 3.8) is 0 Å². The van der Waals surface area contributed by atoms with Crippen LogP contribution in [0.4, 0.5) is 5.69 Å². The van der Waals surface area contributed by atoms with Crippen molar-refractivity contribution in [1.82, 2.24) is 15.0 Å². The lowest BCUT2D eigenvalue weighted by Gasteiger charge is -2.04. The molecule has 0 fully saturated rings. The third kappa shape index (κ3) is 5.68. The number of carbonyl (C=O) groups is 2. The van der Waals surface area contributed by atoms with Crippen LogP contribution in [0.3, 0.4) is 0 Å². The van der Waals surface area contributed by atoms with Crippen molar-refractivity contribution < 1.29 is 9.59 Å². The van der Waals surface area contributed by atoms with Gasteiger partial charge in [-0.25, -0.2) is 4.68 Å². The Kier molecular flexibility index (Phi) is 7.22. The smallest absolute Gasteiger partial charge is 0.225 e. The number of thioether (sulfide) groups is 1. The number of nitrogens with zero attached hydrogens (tertiary/aromatic N) is 3. The molecule has 0 saturated carbocycles. The highest BCUT2D eigenvalue weighted by Gasteiger charge is 2.18. The highest BCUT2D eigenvalue weighted by Crippen LogP contribution is 2.17. The number of Topliss-reactive ketones (excluding diaryl/α,β-unsaturated/α-hetero) is 1. The number of aromatic nitrogens is 3. The number of para-hydroxylation sites is 1. The van der Waals surface area contributed by atoms with Crippen molar-refractivity contribution >= 4 is 40.7 Å². The van der Waals surface area contributed by atoms with E-state index < -0.39 is 0 Å². The zero-order valence-corrected chi connectivity index (χ0v) is 16.6. The molecule has 28 heavy (non-hydrogen) atoms. The molecule has 3 aromatic rings. The van der Waals surface area contributed by atoms with Crippen LogP contribution in [-0.2, 0) is 11.3 Å². The van der Waals surface area contributed by atoms with Crippen molar-refractivity contribution in [2.75, 3.05) is 16.8 Å².